The number of thiazole rings is 1. The second kappa shape index (κ2) is 7.08. The van der Waals surface area contributed by atoms with E-state index in [9.17, 15) is 4.79 Å². The lowest BCUT2D eigenvalue weighted by Gasteiger charge is -2.33. The van der Waals surface area contributed by atoms with Gasteiger partial charge in [0.25, 0.3) is 5.91 Å². The van der Waals surface area contributed by atoms with Gasteiger partial charge >= 0.3 is 0 Å². The van der Waals surface area contributed by atoms with Crippen LogP contribution in [0.4, 0.5) is 5.82 Å². The quantitative estimate of drug-likeness (QED) is 0.936. The number of aryl methyl sites for hydroxylation is 2. The smallest absolute Gasteiger partial charge is 0.263 e. The van der Waals surface area contributed by atoms with E-state index in [1.807, 2.05) is 26.0 Å². The van der Waals surface area contributed by atoms with Crippen molar-refractivity contribution in [2.45, 2.75) is 39.2 Å². The lowest BCUT2D eigenvalue weighted by Crippen LogP contribution is -2.45. The van der Waals surface area contributed by atoms with E-state index in [1.54, 1.807) is 5.51 Å². The summed E-state index contributed by atoms with van der Waals surface area (Å²) in [7, 11) is 0. The monoisotopic (exact) mass is 330 g/mol. The average Bonchev–Trinajstić information content (AvgIpc) is 3.04. The molecular formula is C17H22N4OS. The molecule has 23 heavy (non-hydrogen) atoms. The standard InChI is InChI=1S/C17H22N4OS/c1-3-14-16(23-11-18-14)17(22)20-13-7-9-21(10-8-13)15-6-4-5-12(2)19-15/h4-6,11,13H,3,7-10H2,1-2H3,(H,20,22). The van der Waals surface area contributed by atoms with E-state index in [1.165, 1.54) is 11.3 Å². The number of carbonyl (C=O) groups is 1. The van der Waals surface area contributed by atoms with E-state index in [0.717, 1.165) is 54.4 Å². The largest absolute Gasteiger partial charge is 0.356 e. The Balaban J connectivity index is 1.56. The van der Waals surface area contributed by atoms with Crippen molar-refractivity contribution in [1.82, 2.24) is 15.3 Å². The minimum Gasteiger partial charge on any atom is -0.356 e. The summed E-state index contributed by atoms with van der Waals surface area (Å²) in [5.74, 6) is 1.06. The van der Waals surface area contributed by atoms with Crippen LogP contribution in [0.1, 0.15) is 40.8 Å². The Kier molecular flexibility index (Phi) is 4.91. The zero-order valence-corrected chi connectivity index (χ0v) is 14.4. The minimum absolute atomic E-state index is 0.0245. The zero-order chi connectivity index (χ0) is 16.2. The molecule has 1 aliphatic heterocycles. The second-order valence-electron chi connectivity index (χ2n) is 5.85. The molecule has 0 radical (unpaired) electrons. The summed E-state index contributed by atoms with van der Waals surface area (Å²) in [5.41, 5.74) is 3.68. The molecule has 0 saturated carbocycles. The molecule has 1 N–H and O–H groups in total. The normalized spacial score (nSPS) is 15.7. The minimum atomic E-state index is 0.0245. The zero-order valence-electron chi connectivity index (χ0n) is 13.6. The third kappa shape index (κ3) is 3.69. The molecule has 1 aliphatic rings. The van der Waals surface area contributed by atoms with Crippen molar-refractivity contribution in [3.63, 3.8) is 0 Å². The highest BCUT2D eigenvalue weighted by Gasteiger charge is 2.23. The maximum absolute atomic E-state index is 12.4. The molecule has 2 aromatic rings. The lowest BCUT2D eigenvalue weighted by atomic mass is 10.0. The first-order valence-corrected chi connectivity index (χ1v) is 8.97. The van der Waals surface area contributed by atoms with Gasteiger partial charge in [-0.15, -0.1) is 11.3 Å². The van der Waals surface area contributed by atoms with Crippen molar-refractivity contribution in [1.29, 1.82) is 0 Å². The van der Waals surface area contributed by atoms with Crippen LogP contribution in [0.2, 0.25) is 0 Å². The van der Waals surface area contributed by atoms with Gasteiger partial charge in [0, 0.05) is 24.8 Å². The number of carbonyl (C=O) groups excluding carboxylic acids is 1. The van der Waals surface area contributed by atoms with Crippen molar-refractivity contribution in [3.8, 4) is 0 Å². The van der Waals surface area contributed by atoms with E-state index in [0.29, 0.717) is 0 Å². The van der Waals surface area contributed by atoms with Crippen LogP contribution in [0.5, 0.6) is 0 Å². The SMILES string of the molecule is CCc1ncsc1C(=O)NC1CCN(c2cccc(C)n2)CC1. The number of amides is 1. The van der Waals surface area contributed by atoms with Crippen LogP contribution in [0.3, 0.4) is 0 Å². The van der Waals surface area contributed by atoms with Crippen LogP contribution >= 0.6 is 11.3 Å². The third-order valence-electron chi connectivity index (χ3n) is 4.21. The molecule has 0 spiro atoms. The van der Waals surface area contributed by atoms with Crippen LogP contribution in [-0.4, -0.2) is 35.0 Å². The van der Waals surface area contributed by atoms with Gasteiger partial charge in [-0.3, -0.25) is 4.79 Å². The Hall–Kier alpha value is -1.95. The highest BCUT2D eigenvalue weighted by Crippen LogP contribution is 2.19. The summed E-state index contributed by atoms with van der Waals surface area (Å²) in [6, 6.07) is 6.34. The van der Waals surface area contributed by atoms with Crippen LogP contribution in [-0.2, 0) is 6.42 Å². The fourth-order valence-electron chi connectivity index (χ4n) is 2.91. The number of hydrogen-bond donors (Lipinski definition) is 1. The first kappa shape index (κ1) is 15.9. The van der Waals surface area contributed by atoms with E-state index < -0.39 is 0 Å². The molecule has 1 amide bonds. The molecule has 3 rings (SSSR count). The predicted octanol–water partition coefficient (Wildman–Crippen LogP) is 2.81. The molecule has 6 heteroatoms. The Morgan fingerprint density at radius 3 is 2.87 bits per heavy atom. The number of nitrogens with one attached hydrogen (secondary N) is 1. The topological polar surface area (TPSA) is 58.1 Å². The molecule has 122 valence electrons. The van der Waals surface area contributed by atoms with Crippen molar-refractivity contribution < 1.29 is 4.79 Å². The number of rotatable bonds is 4. The van der Waals surface area contributed by atoms with Crippen molar-refractivity contribution in [2.24, 2.45) is 0 Å². The third-order valence-corrected chi connectivity index (χ3v) is 5.08. The Labute approximate surface area is 140 Å². The summed E-state index contributed by atoms with van der Waals surface area (Å²) in [6.07, 6.45) is 2.69. The summed E-state index contributed by atoms with van der Waals surface area (Å²) in [6.45, 7) is 5.88. The Bertz CT molecular complexity index is 677. The number of hydrogen-bond acceptors (Lipinski definition) is 5. The summed E-state index contributed by atoms with van der Waals surface area (Å²) in [4.78, 5) is 24.3. The average molecular weight is 330 g/mol. The highest BCUT2D eigenvalue weighted by atomic mass is 32.1. The molecule has 1 saturated heterocycles. The van der Waals surface area contributed by atoms with Gasteiger partial charge in [0.05, 0.1) is 11.2 Å². The summed E-state index contributed by atoms with van der Waals surface area (Å²) < 4.78 is 0. The molecular weight excluding hydrogens is 308 g/mol. The van der Waals surface area contributed by atoms with E-state index >= 15 is 0 Å². The lowest BCUT2D eigenvalue weighted by molar-refractivity contribution is 0.0934. The second-order valence-corrected chi connectivity index (χ2v) is 6.71. The maximum atomic E-state index is 12.4. The van der Waals surface area contributed by atoms with Gasteiger partial charge in [0.15, 0.2) is 0 Å². The van der Waals surface area contributed by atoms with Gasteiger partial charge in [0.1, 0.15) is 10.7 Å². The van der Waals surface area contributed by atoms with Crippen molar-refractivity contribution in [2.75, 3.05) is 18.0 Å². The van der Waals surface area contributed by atoms with Gasteiger partial charge in [0.2, 0.25) is 0 Å². The summed E-state index contributed by atoms with van der Waals surface area (Å²) in [5, 5.41) is 3.16. The molecule has 5 nitrogen and oxygen atoms in total. The number of piperidine rings is 1. The van der Waals surface area contributed by atoms with Gasteiger partial charge in [-0.1, -0.05) is 13.0 Å². The Morgan fingerprint density at radius 2 is 2.17 bits per heavy atom. The molecule has 0 bridgehead atoms. The van der Waals surface area contributed by atoms with Crippen molar-refractivity contribution >= 4 is 23.1 Å². The molecule has 0 atom stereocenters. The summed E-state index contributed by atoms with van der Waals surface area (Å²) >= 11 is 1.43. The number of anilines is 1. The van der Waals surface area contributed by atoms with Gasteiger partial charge < -0.3 is 10.2 Å². The van der Waals surface area contributed by atoms with Gasteiger partial charge in [-0.05, 0) is 38.3 Å². The maximum Gasteiger partial charge on any atom is 0.263 e. The molecule has 1 fully saturated rings. The van der Waals surface area contributed by atoms with Gasteiger partial charge in [-0.2, -0.15) is 0 Å². The highest BCUT2D eigenvalue weighted by molar-refractivity contribution is 7.11. The van der Waals surface area contributed by atoms with E-state index in [4.69, 9.17) is 0 Å². The van der Waals surface area contributed by atoms with Gasteiger partial charge in [-0.25, -0.2) is 9.97 Å². The van der Waals surface area contributed by atoms with Crippen molar-refractivity contribution in [3.05, 3.63) is 40.0 Å². The Morgan fingerprint density at radius 1 is 1.39 bits per heavy atom. The van der Waals surface area contributed by atoms with Crippen LogP contribution in [0.15, 0.2) is 23.7 Å². The predicted molar refractivity (Wildman–Crippen MR) is 93.2 cm³/mol. The fraction of sp³-hybridized carbons (Fsp3) is 0.471. The molecule has 0 aromatic carbocycles. The first-order chi connectivity index (χ1) is 11.2. The van der Waals surface area contributed by atoms with Crippen LogP contribution in [0.25, 0.3) is 0 Å². The number of aromatic nitrogens is 2. The fourth-order valence-corrected chi connectivity index (χ4v) is 3.70. The van der Waals surface area contributed by atoms with E-state index in [2.05, 4.69) is 26.3 Å². The van der Waals surface area contributed by atoms with E-state index in [-0.39, 0.29) is 11.9 Å². The molecule has 3 heterocycles. The number of nitrogens with zero attached hydrogens (tertiary/aromatic N) is 3. The first-order valence-electron chi connectivity index (χ1n) is 8.09. The van der Waals surface area contributed by atoms with Crippen LogP contribution in [0, 0.1) is 6.92 Å². The number of pyridine rings is 1. The molecule has 0 aliphatic carbocycles. The molecule has 0 unspecified atom stereocenters. The molecule has 2 aromatic heterocycles. The van der Waals surface area contributed by atoms with Crippen LogP contribution < -0.4 is 10.2 Å².